The van der Waals surface area contributed by atoms with Gasteiger partial charge in [0.15, 0.2) is 0 Å². The molecule has 0 spiro atoms. The molecular formula is C12H10BrNO2S2. The fourth-order valence-corrected chi connectivity index (χ4v) is 2.97. The Morgan fingerprint density at radius 1 is 1.44 bits per heavy atom. The van der Waals surface area contributed by atoms with Crippen LogP contribution < -0.4 is 10.1 Å². The molecule has 0 unspecified atom stereocenters. The number of carbonyl (C=O) groups excluding carboxylic acids is 1. The second-order valence-electron chi connectivity index (χ2n) is 3.47. The number of rotatable bonds is 3. The minimum absolute atomic E-state index is 0.141. The molecule has 0 atom stereocenters. The Labute approximate surface area is 123 Å². The SMILES string of the molecule is COc1ccc(NC(=O)c2cc(S)cs2)cc1Br. The molecule has 0 aliphatic carbocycles. The Morgan fingerprint density at radius 3 is 2.78 bits per heavy atom. The molecule has 0 fully saturated rings. The Kier molecular flexibility index (Phi) is 4.31. The number of hydrogen-bond donors (Lipinski definition) is 2. The summed E-state index contributed by atoms with van der Waals surface area (Å²) in [6.07, 6.45) is 0. The smallest absolute Gasteiger partial charge is 0.265 e. The number of amides is 1. The van der Waals surface area contributed by atoms with Crippen molar-refractivity contribution in [1.82, 2.24) is 0 Å². The summed E-state index contributed by atoms with van der Waals surface area (Å²) >= 11 is 8.91. The second-order valence-corrected chi connectivity index (χ2v) is 5.75. The van der Waals surface area contributed by atoms with E-state index in [1.54, 1.807) is 31.4 Å². The first-order valence-corrected chi connectivity index (χ1v) is 7.14. The average molecular weight is 344 g/mol. The van der Waals surface area contributed by atoms with Gasteiger partial charge in [-0.1, -0.05) is 0 Å². The lowest BCUT2D eigenvalue weighted by molar-refractivity contribution is 0.103. The maximum Gasteiger partial charge on any atom is 0.265 e. The minimum Gasteiger partial charge on any atom is -0.496 e. The van der Waals surface area contributed by atoms with Crippen molar-refractivity contribution in [2.45, 2.75) is 4.90 Å². The summed E-state index contributed by atoms with van der Waals surface area (Å²) in [5, 5.41) is 4.64. The van der Waals surface area contributed by atoms with E-state index in [2.05, 4.69) is 33.9 Å². The van der Waals surface area contributed by atoms with E-state index in [1.807, 2.05) is 5.38 Å². The van der Waals surface area contributed by atoms with Crippen molar-refractivity contribution in [3.63, 3.8) is 0 Å². The highest BCUT2D eigenvalue weighted by molar-refractivity contribution is 9.10. The summed E-state index contributed by atoms with van der Waals surface area (Å²) in [6.45, 7) is 0. The molecule has 94 valence electrons. The monoisotopic (exact) mass is 343 g/mol. The van der Waals surface area contributed by atoms with Crippen molar-refractivity contribution in [2.24, 2.45) is 0 Å². The van der Waals surface area contributed by atoms with Gasteiger partial charge < -0.3 is 10.1 Å². The van der Waals surface area contributed by atoms with Crippen molar-refractivity contribution in [3.8, 4) is 5.75 Å². The van der Waals surface area contributed by atoms with Crippen LogP contribution in [0.3, 0.4) is 0 Å². The number of anilines is 1. The molecule has 0 saturated heterocycles. The lowest BCUT2D eigenvalue weighted by Crippen LogP contribution is -2.10. The maximum atomic E-state index is 11.9. The van der Waals surface area contributed by atoms with E-state index in [4.69, 9.17) is 4.74 Å². The Hall–Kier alpha value is -0.980. The van der Waals surface area contributed by atoms with Crippen LogP contribution in [0, 0.1) is 0 Å². The predicted octanol–water partition coefficient (Wildman–Crippen LogP) is 4.06. The first-order chi connectivity index (χ1) is 8.60. The summed E-state index contributed by atoms with van der Waals surface area (Å²) in [7, 11) is 1.60. The van der Waals surface area contributed by atoms with Crippen molar-refractivity contribution >= 4 is 51.5 Å². The number of halogens is 1. The van der Waals surface area contributed by atoms with Gasteiger partial charge in [-0.15, -0.1) is 24.0 Å². The van der Waals surface area contributed by atoms with E-state index >= 15 is 0 Å². The maximum absolute atomic E-state index is 11.9. The zero-order valence-corrected chi connectivity index (χ0v) is 12.7. The third kappa shape index (κ3) is 3.07. The number of carbonyl (C=O) groups is 1. The lowest BCUT2D eigenvalue weighted by Gasteiger charge is -2.07. The molecule has 0 saturated carbocycles. The third-order valence-electron chi connectivity index (χ3n) is 2.22. The average Bonchev–Trinajstić information content (AvgIpc) is 2.76. The third-order valence-corrected chi connectivity index (χ3v) is 4.20. The quantitative estimate of drug-likeness (QED) is 0.824. The van der Waals surface area contributed by atoms with Gasteiger partial charge in [-0.25, -0.2) is 0 Å². The van der Waals surface area contributed by atoms with E-state index in [1.165, 1.54) is 11.3 Å². The van der Waals surface area contributed by atoms with Gasteiger partial charge in [0, 0.05) is 16.0 Å². The Balaban J connectivity index is 2.14. The normalized spacial score (nSPS) is 10.2. The Morgan fingerprint density at radius 2 is 2.22 bits per heavy atom. The van der Waals surface area contributed by atoms with Crippen molar-refractivity contribution < 1.29 is 9.53 Å². The number of thiophene rings is 1. The van der Waals surface area contributed by atoms with Crippen LogP contribution in [0.1, 0.15) is 9.67 Å². The van der Waals surface area contributed by atoms with Gasteiger partial charge in [-0.05, 0) is 40.2 Å². The first kappa shape index (κ1) is 13.5. The molecular weight excluding hydrogens is 334 g/mol. The molecule has 0 radical (unpaired) electrons. The molecule has 18 heavy (non-hydrogen) atoms. The highest BCUT2D eigenvalue weighted by atomic mass is 79.9. The number of methoxy groups -OCH3 is 1. The summed E-state index contributed by atoms with van der Waals surface area (Å²) in [4.78, 5) is 13.3. The molecule has 0 aliphatic heterocycles. The van der Waals surface area contributed by atoms with Crippen LogP contribution in [0.4, 0.5) is 5.69 Å². The summed E-state index contributed by atoms with van der Waals surface area (Å²) in [5.74, 6) is 0.583. The summed E-state index contributed by atoms with van der Waals surface area (Å²) < 4.78 is 5.92. The van der Waals surface area contributed by atoms with Crippen LogP contribution in [-0.4, -0.2) is 13.0 Å². The van der Waals surface area contributed by atoms with Crippen LogP contribution >= 0.6 is 39.9 Å². The molecule has 6 heteroatoms. The molecule has 3 nitrogen and oxygen atoms in total. The van der Waals surface area contributed by atoms with E-state index < -0.39 is 0 Å². The number of nitrogens with one attached hydrogen (secondary N) is 1. The number of benzene rings is 1. The first-order valence-electron chi connectivity index (χ1n) is 5.02. The lowest BCUT2D eigenvalue weighted by atomic mass is 10.3. The molecule has 2 aromatic rings. The summed E-state index contributed by atoms with van der Waals surface area (Å²) in [6, 6.07) is 7.11. The van der Waals surface area contributed by atoms with Gasteiger partial charge in [0.05, 0.1) is 16.5 Å². The highest BCUT2D eigenvalue weighted by Crippen LogP contribution is 2.28. The van der Waals surface area contributed by atoms with Crippen LogP contribution in [0.5, 0.6) is 5.75 Å². The van der Waals surface area contributed by atoms with Gasteiger partial charge in [0.25, 0.3) is 5.91 Å². The van der Waals surface area contributed by atoms with Crippen molar-refractivity contribution in [1.29, 1.82) is 0 Å². The van der Waals surface area contributed by atoms with Crippen LogP contribution in [0.15, 0.2) is 39.0 Å². The molecule has 0 bridgehead atoms. The number of thiol groups is 1. The van der Waals surface area contributed by atoms with Crippen molar-refractivity contribution in [2.75, 3.05) is 12.4 Å². The fourth-order valence-electron chi connectivity index (χ4n) is 1.38. The van der Waals surface area contributed by atoms with Gasteiger partial charge in [-0.3, -0.25) is 4.79 Å². The van der Waals surface area contributed by atoms with Gasteiger partial charge >= 0.3 is 0 Å². The standard InChI is InChI=1S/C12H10BrNO2S2/c1-16-10-3-2-7(4-9(10)13)14-12(15)11-5-8(17)6-18-11/h2-6,17H,1H3,(H,14,15). The van der Waals surface area contributed by atoms with Crippen LogP contribution in [0.25, 0.3) is 0 Å². The summed E-state index contributed by atoms with van der Waals surface area (Å²) in [5.41, 5.74) is 0.710. The minimum atomic E-state index is -0.141. The largest absolute Gasteiger partial charge is 0.496 e. The number of hydrogen-bond acceptors (Lipinski definition) is 4. The highest BCUT2D eigenvalue weighted by Gasteiger charge is 2.09. The van der Waals surface area contributed by atoms with Gasteiger partial charge in [-0.2, -0.15) is 0 Å². The van der Waals surface area contributed by atoms with Gasteiger partial charge in [0.1, 0.15) is 5.75 Å². The topological polar surface area (TPSA) is 38.3 Å². The molecule has 1 aromatic heterocycles. The molecule has 1 aromatic carbocycles. The second kappa shape index (κ2) is 5.77. The van der Waals surface area contributed by atoms with E-state index in [9.17, 15) is 4.79 Å². The van der Waals surface area contributed by atoms with Crippen molar-refractivity contribution in [3.05, 3.63) is 39.0 Å². The van der Waals surface area contributed by atoms with Crippen LogP contribution in [-0.2, 0) is 0 Å². The van der Waals surface area contributed by atoms with E-state index in [-0.39, 0.29) is 5.91 Å². The van der Waals surface area contributed by atoms with Gasteiger partial charge in [0.2, 0.25) is 0 Å². The number of ether oxygens (including phenoxy) is 1. The molecule has 1 amide bonds. The zero-order chi connectivity index (χ0) is 13.1. The Bertz CT molecular complexity index is 583. The molecule has 0 aliphatic rings. The predicted molar refractivity (Wildman–Crippen MR) is 80.2 cm³/mol. The van der Waals surface area contributed by atoms with Crippen LogP contribution in [0.2, 0.25) is 0 Å². The van der Waals surface area contributed by atoms with E-state index in [0.717, 1.165) is 15.1 Å². The molecule has 1 heterocycles. The zero-order valence-electron chi connectivity index (χ0n) is 9.44. The molecule has 1 N–H and O–H groups in total. The molecule has 2 rings (SSSR count). The fraction of sp³-hybridized carbons (Fsp3) is 0.0833. The van der Waals surface area contributed by atoms with E-state index in [0.29, 0.717) is 10.6 Å².